The van der Waals surface area contributed by atoms with E-state index in [1.54, 1.807) is 13.0 Å². The van der Waals surface area contributed by atoms with Crippen molar-refractivity contribution in [2.75, 3.05) is 5.32 Å². The normalized spacial score (nSPS) is 11.4. The fourth-order valence-corrected chi connectivity index (χ4v) is 1.57. The van der Waals surface area contributed by atoms with Gasteiger partial charge in [0.2, 0.25) is 5.91 Å². The summed E-state index contributed by atoms with van der Waals surface area (Å²) in [5.74, 6) is -0.416. The van der Waals surface area contributed by atoms with Gasteiger partial charge in [-0.1, -0.05) is 0 Å². The molecule has 0 radical (unpaired) electrons. The molecule has 0 aliphatic carbocycles. The largest absolute Gasteiger partial charge is 0.389 e. The van der Waals surface area contributed by atoms with Crippen LogP contribution in [0.2, 0.25) is 0 Å². The third-order valence-corrected chi connectivity index (χ3v) is 2.37. The minimum absolute atomic E-state index is 0.278. The Morgan fingerprint density at radius 2 is 2.18 bits per heavy atom. The van der Waals surface area contributed by atoms with Gasteiger partial charge in [0.05, 0.1) is 6.42 Å². The minimum atomic E-state index is -4.32. The Morgan fingerprint density at radius 3 is 2.71 bits per heavy atom. The van der Waals surface area contributed by atoms with Crippen molar-refractivity contribution < 1.29 is 18.0 Å². The second kappa shape index (κ2) is 5.48. The Hall–Kier alpha value is -1.11. The van der Waals surface area contributed by atoms with E-state index in [1.165, 1.54) is 6.20 Å². The number of nitrogens with one attached hydrogen (secondary N) is 1. The fourth-order valence-electron chi connectivity index (χ4n) is 1.12. The van der Waals surface area contributed by atoms with Gasteiger partial charge in [-0.05, 0) is 34.5 Å². The molecule has 0 bridgehead atoms. The first-order valence-electron chi connectivity index (χ1n) is 4.76. The van der Waals surface area contributed by atoms with Gasteiger partial charge in [-0.3, -0.25) is 4.79 Å². The molecule has 0 spiro atoms. The Kier molecular flexibility index (Phi) is 4.50. The molecule has 7 heteroatoms. The zero-order valence-corrected chi connectivity index (χ0v) is 10.5. The van der Waals surface area contributed by atoms with Crippen molar-refractivity contribution >= 4 is 27.7 Å². The highest BCUT2D eigenvalue weighted by Gasteiger charge is 2.27. The molecule has 0 saturated carbocycles. The smallest absolute Gasteiger partial charge is 0.310 e. The van der Waals surface area contributed by atoms with Crippen LogP contribution in [0.5, 0.6) is 0 Å². The van der Waals surface area contributed by atoms with E-state index in [0.717, 1.165) is 4.47 Å². The van der Waals surface area contributed by atoms with Gasteiger partial charge in [0.1, 0.15) is 5.82 Å². The summed E-state index contributed by atoms with van der Waals surface area (Å²) in [6.45, 7) is 1.71. The maximum absolute atomic E-state index is 11.9. The molecule has 94 valence electrons. The molecule has 3 nitrogen and oxygen atoms in total. The number of nitrogens with zero attached hydrogens (tertiary/aromatic N) is 1. The molecule has 0 saturated heterocycles. The van der Waals surface area contributed by atoms with E-state index in [-0.39, 0.29) is 5.82 Å². The molecule has 0 unspecified atom stereocenters. The molecule has 0 aromatic carbocycles. The molecule has 1 rings (SSSR count). The predicted octanol–water partition coefficient (Wildman–Crippen LogP) is 3.43. The van der Waals surface area contributed by atoms with Crippen LogP contribution < -0.4 is 5.32 Å². The summed E-state index contributed by atoms with van der Waals surface area (Å²) in [6.07, 6.45) is -4.58. The Balaban J connectivity index is 2.57. The van der Waals surface area contributed by atoms with Gasteiger partial charge in [0.15, 0.2) is 0 Å². The number of halogens is 4. The quantitative estimate of drug-likeness (QED) is 0.929. The molecule has 1 amide bonds. The zero-order chi connectivity index (χ0) is 13.1. The Labute approximate surface area is 105 Å². The number of carbonyl (C=O) groups excluding carboxylic acids is 1. The molecule has 17 heavy (non-hydrogen) atoms. The Morgan fingerprint density at radius 1 is 1.53 bits per heavy atom. The van der Waals surface area contributed by atoms with Crippen molar-refractivity contribution in [3.63, 3.8) is 0 Å². The van der Waals surface area contributed by atoms with Crippen molar-refractivity contribution in [3.05, 3.63) is 22.3 Å². The van der Waals surface area contributed by atoms with E-state index < -0.39 is 24.9 Å². The van der Waals surface area contributed by atoms with Crippen LogP contribution >= 0.6 is 15.9 Å². The number of hydrogen-bond acceptors (Lipinski definition) is 2. The summed E-state index contributed by atoms with van der Waals surface area (Å²) in [5, 5.41) is 2.34. The first-order valence-corrected chi connectivity index (χ1v) is 5.56. The predicted molar refractivity (Wildman–Crippen MR) is 60.6 cm³/mol. The van der Waals surface area contributed by atoms with Crippen molar-refractivity contribution in [1.82, 2.24) is 4.98 Å². The van der Waals surface area contributed by atoms with Crippen LogP contribution in [0.15, 0.2) is 16.7 Å². The van der Waals surface area contributed by atoms with Crippen LogP contribution in [-0.2, 0) is 4.79 Å². The fraction of sp³-hybridized carbons (Fsp3) is 0.400. The molecule has 1 aromatic heterocycles. The SMILES string of the molecule is Cc1cc(Br)cnc1NC(=O)CCC(F)(F)F. The highest BCUT2D eigenvalue weighted by molar-refractivity contribution is 9.10. The maximum Gasteiger partial charge on any atom is 0.389 e. The highest BCUT2D eigenvalue weighted by Crippen LogP contribution is 2.22. The molecule has 1 aromatic rings. The number of anilines is 1. The van der Waals surface area contributed by atoms with Gasteiger partial charge in [-0.15, -0.1) is 0 Å². The van der Waals surface area contributed by atoms with Crippen LogP contribution in [0.1, 0.15) is 18.4 Å². The number of amides is 1. The molecular formula is C10H10BrF3N2O. The number of carbonyl (C=O) groups is 1. The van der Waals surface area contributed by atoms with Crippen molar-refractivity contribution in [1.29, 1.82) is 0 Å². The topological polar surface area (TPSA) is 42.0 Å². The number of pyridine rings is 1. The molecule has 0 aliphatic heterocycles. The van der Waals surface area contributed by atoms with Crippen LogP contribution in [0, 0.1) is 6.92 Å². The second-order valence-corrected chi connectivity index (χ2v) is 4.40. The number of aryl methyl sites for hydroxylation is 1. The number of aromatic nitrogens is 1. The summed E-state index contributed by atoms with van der Waals surface area (Å²) in [4.78, 5) is 15.1. The van der Waals surface area contributed by atoms with E-state index in [1.807, 2.05) is 0 Å². The molecule has 1 heterocycles. The van der Waals surface area contributed by atoms with E-state index in [4.69, 9.17) is 0 Å². The molecule has 0 fully saturated rings. The average molecular weight is 311 g/mol. The third kappa shape index (κ3) is 5.16. The Bertz CT molecular complexity index is 421. The van der Waals surface area contributed by atoms with Crippen molar-refractivity contribution in [3.8, 4) is 0 Å². The molecular weight excluding hydrogens is 301 g/mol. The molecule has 0 atom stereocenters. The lowest BCUT2D eigenvalue weighted by Crippen LogP contribution is -2.17. The summed E-state index contributed by atoms with van der Waals surface area (Å²) in [6, 6.07) is 1.71. The van der Waals surface area contributed by atoms with Crippen LogP contribution in [0.4, 0.5) is 19.0 Å². The van der Waals surface area contributed by atoms with E-state index in [9.17, 15) is 18.0 Å². The van der Waals surface area contributed by atoms with Gasteiger partial charge in [0.25, 0.3) is 0 Å². The standard InChI is InChI=1S/C10H10BrF3N2O/c1-6-4-7(11)5-15-9(6)16-8(17)2-3-10(12,13)14/h4-5H,2-3H2,1H3,(H,15,16,17). The van der Waals surface area contributed by atoms with E-state index >= 15 is 0 Å². The lowest BCUT2D eigenvalue weighted by molar-refractivity contribution is -0.142. The van der Waals surface area contributed by atoms with E-state index in [0.29, 0.717) is 5.56 Å². The molecule has 1 N–H and O–H groups in total. The summed E-state index contributed by atoms with van der Waals surface area (Å²) >= 11 is 3.20. The van der Waals surface area contributed by atoms with Gasteiger partial charge < -0.3 is 5.32 Å². The van der Waals surface area contributed by atoms with Crippen LogP contribution in [-0.4, -0.2) is 17.1 Å². The van der Waals surface area contributed by atoms with Gasteiger partial charge in [0, 0.05) is 17.1 Å². The van der Waals surface area contributed by atoms with Crippen LogP contribution in [0.3, 0.4) is 0 Å². The maximum atomic E-state index is 11.9. The van der Waals surface area contributed by atoms with Gasteiger partial charge in [-0.25, -0.2) is 4.98 Å². The lowest BCUT2D eigenvalue weighted by atomic mass is 10.2. The summed E-state index contributed by atoms with van der Waals surface area (Å²) < 4.78 is 36.4. The zero-order valence-electron chi connectivity index (χ0n) is 8.94. The van der Waals surface area contributed by atoms with Crippen LogP contribution in [0.25, 0.3) is 0 Å². The summed E-state index contributed by atoms with van der Waals surface area (Å²) in [7, 11) is 0. The molecule has 0 aliphatic rings. The first-order chi connectivity index (χ1) is 7.78. The van der Waals surface area contributed by atoms with Crippen molar-refractivity contribution in [2.45, 2.75) is 25.9 Å². The van der Waals surface area contributed by atoms with Gasteiger partial charge in [-0.2, -0.15) is 13.2 Å². The minimum Gasteiger partial charge on any atom is -0.310 e. The number of hydrogen-bond donors (Lipinski definition) is 1. The van der Waals surface area contributed by atoms with Crippen molar-refractivity contribution in [2.24, 2.45) is 0 Å². The highest BCUT2D eigenvalue weighted by atomic mass is 79.9. The number of alkyl halides is 3. The average Bonchev–Trinajstić information content (AvgIpc) is 2.18. The third-order valence-electron chi connectivity index (χ3n) is 1.94. The lowest BCUT2D eigenvalue weighted by Gasteiger charge is -2.08. The first kappa shape index (κ1) is 14.0. The van der Waals surface area contributed by atoms with E-state index in [2.05, 4.69) is 26.2 Å². The summed E-state index contributed by atoms with van der Waals surface area (Å²) in [5.41, 5.74) is 0.680. The van der Waals surface area contributed by atoms with Gasteiger partial charge >= 0.3 is 6.18 Å². The number of rotatable bonds is 3. The monoisotopic (exact) mass is 310 g/mol. The second-order valence-electron chi connectivity index (χ2n) is 3.48.